The van der Waals surface area contributed by atoms with Gasteiger partial charge in [-0.15, -0.1) is 11.3 Å². The van der Waals surface area contributed by atoms with Crippen LogP contribution in [0.4, 0.5) is 5.69 Å². The molecule has 5 heteroatoms. The molecule has 0 spiro atoms. The Morgan fingerprint density at radius 2 is 2.10 bits per heavy atom. The number of anilines is 1. The highest BCUT2D eigenvalue weighted by atomic mass is 32.1. The fourth-order valence-corrected chi connectivity index (χ4v) is 3.48. The maximum atomic E-state index is 6.06. The number of nitrogens with zero attached hydrogens (tertiary/aromatic N) is 3. The molecule has 4 nitrogen and oxygen atoms in total. The predicted molar refractivity (Wildman–Crippen MR) is 87.3 cm³/mol. The molecule has 0 saturated heterocycles. The normalized spacial score (nSPS) is 12.5. The molecule has 0 aromatic carbocycles. The second-order valence-corrected chi connectivity index (χ2v) is 6.59. The number of rotatable bonds is 4. The van der Waals surface area contributed by atoms with Gasteiger partial charge in [-0.2, -0.15) is 0 Å². The first-order valence-electron chi connectivity index (χ1n) is 6.92. The van der Waals surface area contributed by atoms with E-state index in [4.69, 9.17) is 5.73 Å². The summed E-state index contributed by atoms with van der Waals surface area (Å²) in [7, 11) is 0. The SMILES string of the molecule is Cc1ccc(CC(C)n2cncc2-c2cnccc2N)s1. The van der Waals surface area contributed by atoms with E-state index in [1.54, 1.807) is 12.4 Å². The van der Waals surface area contributed by atoms with Crippen LogP contribution in [-0.4, -0.2) is 14.5 Å². The van der Waals surface area contributed by atoms with Gasteiger partial charge in [-0.25, -0.2) is 4.98 Å². The number of pyridine rings is 1. The molecule has 0 aliphatic carbocycles. The number of nitrogen functional groups attached to an aromatic ring is 1. The topological polar surface area (TPSA) is 56.7 Å². The smallest absolute Gasteiger partial charge is 0.0953 e. The van der Waals surface area contributed by atoms with Gasteiger partial charge >= 0.3 is 0 Å². The number of hydrogen-bond donors (Lipinski definition) is 1. The largest absolute Gasteiger partial charge is 0.398 e. The minimum atomic E-state index is 0.320. The first kappa shape index (κ1) is 13.8. The highest BCUT2D eigenvalue weighted by molar-refractivity contribution is 7.11. The van der Waals surface area contributed by atoms with Crippen molar-refractivity contribution in [2.45, 2.75) is 26.3 Å². The third-order valence-electron chi connectivity index (χ3n) is 3.56. The number of nitrogens with two attached hydrogens (primary N) is 1. The molecular formula is C16H18N4S. The lowest BCUT2D eigenvalue weighted by atomic mass is 10.1. The van der Waals surface area contributed by atoms with Gasteiger partial charge < -0.3 is 10.3 Å². The Morgan fingerprint density at radius 1 is 1.24 bits per heavy atom. The first-order chi connectivity index (χ1) is 10.1. The van der Waals surface area contributed by atoms with Crippen LogP contribution in [0.5, 0.6) is 0 Å². The number of aromatic nitrogens is 3. The molecule has 3 heterocycles. The van der Waals surface area contributed by atoms with Gasteiger partial charge in [0.25, 0.3) is 0 Å². The summed E-state index contributed by atoms with van der Waals surface area (Å²) in [6.07, 6.45) is 8.21. The van der Waals surface area contributed by atoms with Crippen molar-refractivity contribution in [3.05, 3.63) is 52.9 Å². The molecule has 0 aliphatic heterocycles. The van der Waals surface area contributed by atoms with Crippen molar-refractivity contribution in [3.8, 4) is 11.3 Å². The second kappa shape index (κ2) is 5.69. The Balaban J connectivity index is 1.90. The Hall–Kier alpha value is -2.14. The Kier molecular flexibility index (Phi) is 3.75. The first-order valence-corrected chi connectivity index (χ1v) is 7.74. The quantitative estimate of drug-likeness (QED) is 0.799. The van der Waals surface area contributed by atoms with E-state index >= 15 is 0 Å². The van der Waals surface area contributed by atoms with Crippen molar-refractivity contribution in [1.29, 1.82) is 0 Å². The average Bonchev–Trinajstić information content (AvgIpc) is 3.08. The van der Waals surface area contributed by atoms with Crippen molar-refractivity contribution in [1.82, 2.24) is 14.5 Å². The molecule has 2 N–H and O–H groups in total. The zero-order chi connectivity index (χ0) is 14.8. The van der Waals surface area contributed by atoms with Crippen LogP contribution in [0.25, 0.3) is 11.3 Å². The van der Waals surface area contributed by atoms with Crippen molar-refractivity contribution in [2.75, 3.05) is 5.73 Å². The lowest BCUT2D eigenvalue weighted by molar-refractivity contribution is 0.553. The summed E-state index contributed by atoms with van der Waals surface area (Å²) in [6, 6.07) is 6.51. The average molecular weight is 298 g/mol. The van der Waals surface area contributed by atoms with Gasteiger partial charge in [-0.3, -0.25) is 4.98 Å². The monoisotopic (exact) mass is 298 g/mol. The lowest BCUT2D eigenvalue weighted by Gasteiger charge is -2.16. The van der Waals surface area contributed by atoms with E-state index in [0.717, 1.165) is 23.4 Å². The van der Waals surface area contributed by atoms with E-state index in [2.05, 4.69) is 40.5 Å². The summed E-state index contributed by atoms with van der Waals surface area (Å²) in [5.41, 5.74) is 8.73. The Labute approximate surface area is 128 Å². The van der Waals surface area contributed by atoms with Crippen LogP contribution in [0.1, 0.15) is 22.7 Å². The van der Waals surface area contributed by atoms with Crippen LogP contribution < -0.4 is 5.73 Å². The fraction of sp³-hybridized carbons (Fsp3) is 0.250. The Morgan fingerprint density at radius 3 is 2.81 bits per heavy atom. The van der Waals surface area contributed by atoms with Gasteiger partial charge in [-0.1, -0.05) is 0 Å². The van der Waals surface area contributed by atoms with Gasteiger partial charge in [0.2, 0.25) is 0 Å². The molecule has 3 aromatic heterocycles. The molecule has 0 radical (unpaired) electrons. The van der Waals surface area contributed by atoms with Crippen molar-refractivity contribution in [2.24, 2.45) is 0 Å². The van der Waals surface area contributed by atoms with Gasteiger partial charge in [0.1, 0.15) is 0 Å². The summed E-state index contributed by atoms with van der Waals surface area (Å²) in [5, 5.41) is 0. The molecule has 1 unspecified atom stereocenters. The molecule has 0 aliphatic rings. The van der Waals surface area contributed by atoms with E-state index in [-0.39, 0.29) is 0 Å². The number of thiophene rings is 1. The molecule has 3 rings (SSSR count). The van der Waals surface area contributed by atoms with E-state index < -0.39 is 0 Å². The molecule has 0 bridgehead atoms. The van der Waals surface area contributed by atoms with E-state index in [9.17, 15) is 0 Å². The van der Waals surface area contributed by atoms with Crippen LogP contribution in [-0.2, 0) is 6.42 Å². The zero-order valence-corrected chi connectivity index (χ0v) is 13.0. The molecule has 21 heavy (non-hydrogen) atoms. The molecule has 3 aromatic rings. The number of imidazole rings is 1. The van der Waals surface area contributed by atoms with Crippen LogP contribution in [0, 0.1) is 6.92 Å². The molecule has 0 saturated carbocycles. The van der Waals surface area contributed by atoms with Crippen LogP contribution >= 0.6 is 11.3 Å². The third kappa shape index (κ3) is 2.83. The minimum Gasteiger partial charge on any atom is -0.398 e. The van der Waals surface area contributed by atoms with E-state index in [1.165, 1.54) is 9.75 Å². The van der Waals surface area contributed by atoms with E-state index in [0.29, 0.717) is 6.04 Å². The third-order valence-corrected chi connectivity index (χ3v) is 4.59. The van der Waals surface area contributed by atoms with Gasteiger partial charge in [-0.05, 0) is 32.0 Å². The second-order valence-electron chi connectivity index (χ2n) is 5.21. The summed E-state index contributed by atoms with van der Waals surface area (Å²) in [5.74, 6) is 0. The molecule has 0 amide bonds. The minimum absolute atomic E-state index is 0.320. The number of aryl methyl sites for hydroxylation is 1. The summed E-state index contributed by atoms with van der Waals surface area (Å²) < 4.78 is 2.17. The van der Waals surface area contributed by atoms with Gasteiger partial charge in [0.15, 0.2) is 0 Å². The summed E-state index contributed by atoms with van der Waals surface area (Å²) in [4.78, 5) is 11.2. The van der Waals surface area contributed by atoms with Crippen molar-refractivity contribution in [3.63, 3.8) is 0 Å². The molecule has 0 fully saturated rings. The van der Waals surface area contributed by atoms with Crippen molar-refractivity contribution >= 4 is 17.0 Å². The van der Waals surface area contributed by atoms with Crippen LogP contribution in [0.15, 0.2) is 43.1 Å². The summed E-state index contributed by atoms with van der Waals surface area (Å²) >= 11 is 1.85. The molecule has 108 valence electrons. The predicted octanol–water partition coefficient (Wildman–Crippen LogP) is 3.70. The highest BCUT2D eigenvalue weighted by Crippen LogP contribution is 2.29. The van der Waals surface area contributed by atoms with Crippen LogP contribution in [0.3, 0.4) is 0 Å². The Bertz CT molecular complexity index is 744. The van der Waals surface area contributed by atoms with Gasteiger partial charge in [0, 0.05) is 45.9 Å². The van der Waals surface area contributed by atoms with Crippen molar-refractivity contribution < 1.29 is 0 Å². The van der Waals surface area contributed by atoms with Crippen LogP contribution in [0.2, 0.25) is 0 Å². The molecular weight excluding hydrogens is 280 g/mol. The van der Waals surface area contributed by atoms with Gasteiger partial charge in [0.05, 0.1) is 18.2 Å². The maximum absolute atomic E-state index is 6.06. The highest BCUT2D eigenvalue weighted by Gasteiger charge is 2.14. The van der Waals surface area contributed by atoms with E-state index in [1.807, 2.05) is 29.9 Å². The maximum Gasteiger partial charge on any atom is 0.0953 e. The molecule has 1 atom stereocenters. The zero-order valence-electron chi connectivity index (χ0n) is 12.2. The number of hydrogen-bond acceptors (Lipinski definition) is 4. The lowest BCUT2D eigenvalue weighted by Crippen LogP contribution is -2.08. The summed E-state index contributed by atoms with van der Waals surface area (Å²) in [6.45, 7) is 4.34. The fourth-order valence-electron chi connectivity index (χ4n) is 2.47. The standard InChI is InChI=1S/C16H18N4S/c1-11(7-13-4-3-12(2)21-13)20-10-19-9-16(20)14-8-18-6-5-15(14)17/h3-6,8-11H,7H2,1-2H3,(H2,17,18).